The number of nitrogen functional groups attached to an aromatic ring is 1. The van der Waals surface area contributed by atoms with Crippen LogP contribution in [0.15, 0.2) is 71.6 Å². The first-order chi connectivity index (χ1) is 14.7. The molecule has 7 nitrogen and oxygen atoms in total. The lowest BCUT2D eigenvalue weighted by Gasteiger charge is -2.20. The van der Waals surface area contributed by atoms with Crippen LogP contribution >= 0.6 is 0 Å². The SMILES string of the molecule is CC(C)NC(=O)[C@H](Cc1cccc(C(=N)N)c1)NS(=O)(=O)c1ccc2ccccc2c1. The van der Waals surface area contributed by atoms with Gasteiger partial charge in [0, 0.05) is 11.6 Å². The van der Waals surface area contributed by atoms with Crippen molar-refractivity contribution >= 4 is 32.5 Å². The summed E-state index contributed by atoms with van der Waals surface area (Å²) in [4.78, 5) is 12.9. The Labute approximate surface area is 182 Å². The van der Waals surface area contributed by atoms with Crippen molar-refractivity contribution in [2.45, 2.75) is 37.2 Å². The van der Waals surface area contributed by atoms with Crippen molar-refractivity contribution in [3.63, 3.8) is 0 Å². The van der Waals surface area contributed by atoms with E-state index in [0.717, 1.165) is 10.8 Å². The summed E-state index contributed by atoms with van der Waals surface area (Å²) in [7, 11) is -3.96. The molecule has 0 saturated carbocycles. The summed E-state index contributed by atoms with van der Waals surface area (Å²) < 4.78 is 28.7. The number of amides is 1. The first kappa shape index (κ1) is 22.5. The zero-order valence-electron chi connectivity index (χ0n) is 17.4. The van der Waals surface area contributed by atoms with Gasteiger partial charge in [-0.25, -0.2) is 8.42 Å². The Bertz CT molecular complexity index is 1220. The molecule has 3 aromatic carbocycles. The van der Waals surface area contributed by atoms with E-state index < -0.39 is 22.0 Å². The Kier molecular flexibility index (Phi) is 6.72. The average molecular weight is 439 g/mol. The molecule has 0 saturated heterocycles. The van der Waals surface area contributed by atoms with Crippen molar-refractivity contribution < 1.29 is 13.2 Å². The van der Waals surface area contributed by atoms with Crippen molar-refractivity contribution in [1.82, 2.24) is 10.0 Å². The summed E-state index contributed by atoms with van der Waals surface area (Å²) in [5.74, 6) is -0.519. The van der Waals surface area contributed by atoms with Crippen LogP contribution in [0.2, 0.25) is 0 Å². The number of nitrogens with one attached hydrogen (secondary N) is 3. The molecule has 1 atom stereocenters. The summed E-state index contributed by atoms with van der Waals surface area (Å²) in [6.45, 7) is 3.62. The minimum atomic E-state index is -3.96. The second-order valence-corrected chi connectivity index (χ2v) is 9.38. The summed E-state index contributed by atoms with van der Waals surface area (Å²) in [5.41, 5.74) is 6.76. The van der Waals surface area contributed by atoms with Gasteiger partial charge < -0.3 is 11.1 Å². The van der Waals surface area contributed by atoms with E-state index in [1.165, 1.54) is 6.07 Å². The van der Waals surface area contributed by atoms with E-state index >= 15 is 0 Å². The minimum Gasteiger partial charge on any atom is -0.384 e. The van der Waals surface area contributed by atoms with Crippen molar-refractivity contribution in [3.05, 3.63) is 77.9 Å². The number of nitrogens with two attached hydrogens (primary N) is 1. The first-order valence-corrected chi connectivity index (χ1v) is 11.4. The van der Waals surface area contributed by atoms with Crippen LogP contribution in [-0.4, -0.2) is 32.2 Å². The average Bonchev–Trinajstić information content (AvgIpc) is 2.72. The zero-order chi connectivity index (χ0) is 22.6. The quantitative estimate of drug-likeness (QED) is 0.318. The molecule has 162 valence electrons. The molecule has 0 bridgehead atoms. The van der Waals surface area contributed by atoms with Gasteiger partial charge in [0.1, 0.15) is 11.9 Å². The van der Waals surface area contributed by atoms with Gasteiger partial charge >= 0.3 is 0 Å². The Morgan fingerprint density at radius 1 is 1.00 bits per heavy atom. The van der Waals surface area contributed by atoms with Gasteiger partial charge in [-0.2, -0.15) is 4.72 Å². The Morgan fingerprint density at radius 2 is 1.71 bits per heavy atom. The van der Waals surface area contributed by atoms with Gasteiger partial charge in [-0.15, -0.1) is 0 Å². The van der Waals surface area contributed by atoms with Gasteiger partial charge in [0.15, 0.2) is 0 Å². The largest absolute Gasteiger partial charge is 0.384 e. The van der Waals surface area contributed by atoms with Crippen LogP contribution in [0.25, 0.3) is 10.8 Å². The van der Waals surface area contributed by atoms with E-state index in [1.54, 1.807) is 36.4 Å². The fourth-order valence-electron chi connectivity index (χ4n) is 3.26. The number of rotatable bonds is 8. The molecule has 1 amide bonds. The van der Waals surface area contributed by atoms with E-state index in [1.807, 2.05) is 38.1 Å². The normalized spacial score (nSPS) is 12.6. The maximum atomic E-state index is 13.1. The number of hydrogen-bond donors (Lipinski definition) is 4. The van der Waals surface area contributed by atoms with Gasteiger partial charge in [0.05, 0.1) is 4.90 Å². The molecule has 0 radical (unpaired) electrons. The van der Waals surface area contributed by atoms with Gasteiger partial charge in [-0.3, -0.25) is 10.2 Å². The van der Waals surface area contributed by atoms with Gasteiger partial charge in [-0.1, -0.05) is 48.5 Å². The number of fused-ring (bicyclic) bond motifs is 1. The Hall–Kier alpha value is -3.23. The number of carbonyl (C=O) groups is 1. The van der Waals surface area contributed by atoms with E-state index in [0.29, 0.717) is 11.1 Å². The number of sulfonamides is 1. The van der Waals surface area contributed by atoms with E-state index in [9.17, 15) is 13.2 Å². The molecular weight excluding hydrogens is 412 g/mol. The molecule has 3 aromatic rings. The lowest BCUT2D eigenvalue weighted by atomic mass is 10.0. The van der Waals surface area contributed by atoms with Crippen LogP contribution in [0.3, 0.4) is 0 Å². The molecule has 5 N–H and O–H groups in total. The van der Waals surface area contributed by atoms with Crippen molar-refractivity contribution in [2.75, 3.05) is 0 Å². The standard InChI is InChI=1S/C23H26N4O3S/c1-15(2)26-23(28)21(13-16-6-5-9-19(12-16)22(24)25)27-31(29,30)20-11-10-17-7-3-4-8-18(17)14-20/h3-12,14-15,21,27H,13H2,1-2H3,(H3,24,25)(H,26,28)/t21-/m0/s1. The van der Waals surface area contributed by atoms with Crippen LogP contribution in [0, 0.1) is 5.41 Å². The zero-order valence-corrected chi connectivity index (χ0v) is 18.2. The molecule has 0 spiro atoms. The maximum Gasteiger partial charge on any atom is 0.241 e. The lowest BCUT2D eigenvalue weighted by molar-refractivity contribution is -0.123. The number of hydrogen-bond acceptors (Lipinski definition) is 4. The Balaban J connectivity index is 1.91. The minimum absolute atomic E-state index is 0.0889. The van der Waals surface area contributed by atoms with Gasteiger partial charge in [0.2, 0.25) is 15.9 Å². The molecule has 0 heterocycles. The molecule has 3 rings (SSSR count). The van der Waals surface area contributed by atoms with E-state index in [4.69, 9.17) is 11.1 Å². The fourth-order valence-corrected chi connectivity index (χ4v) is 4.49. The summed E-state index contributed by atoms with van der Waals surface area (Å²) in [5, 5.41) is 12.1. The van der Waals surface area contributed by atoms with E-state index in [2.05, 4.69) is 10.0 Å². The third-order valence-electron chi connectivity index (χ3n) is 4.75. The maximum absolute atomic E-state index is 13.1. The first-order valence-electron chi connectivity index (χ1n) is 9.90. The van der Waals surface area contributed by atoms with Crippen LogP contribution in [-0.2, 0) is 21.2 Å². The number of carbonyl (C=O) groups excluding carboxylic acids is 1. The van der Waals surface area contributed by atoms with Crippen molar-refractivity contribution in [2.24, 2.45) is 5.73 Å². The van der Waals surface area contributed by atoms with Crippen molar-refractivity contribution in [3.8, 4) is 0 Å². The highest BCUT2D eigenvalue weighted by molar-refractivity contribution is 7.89. The highest BCUT2D eigenvalue weighted by Gasteiger charge is 2.26. The van der Waals surface area contributed by atoms with Gasteiger partial charge in [-0.05, 0) is 54.8 Å². The molecule has 0 fully saturated rings. The monoisotopic (exact) mass is 438 g/mol. The molecule has 0 aliphatic heterocycles. The highest BCUT2D eigenvalue weighted by atomic mass is 32.2. The molecule has 8 heteroatoms. The summed E-state index contributed by atoms with van der Waals surface area (Å²) >= 11 is 0. The number of benzene rings is 3. The second kappa shape index (κ2) is 9.28. The van der Waals surface area contributed by atoms with E-state index in [-0.39, 0.29) is 23.2 Å². The Morgan fingerprint density at radius 3 is 2.39 bits per heavy atom. The molecule has 0 aliphatic carbocycles. The second-order valence-electron chi connectivity index (χ2n) is 7.66. The third-order valence-corrected chi connectivity index (χ3v) is 6.22. The smallest absolute Gasteiger partial charge is 0.241 e. The summed E-state index contributed by atoms with van der Waals surface area (Å²) in [6, 6.07) is 18.0. The van der Waals surface area contributed by atoms with Crippen molar-refractivity contribution in [1.29, 1.82) is 5.41 Å². The molecule has 0 aromatic heterocycles. The topological polar surface area (TPSA) is 125 Å². The predicted molar refractivity (Wildman–Crippen MR) is 122 cm³/mol. The molecule has 0 unspecified atom stereocenters. The molecule has 31 heavy (non-hydrogen) atoms. The van der Waals surface area contributed by atoms with Crippen LogP contribution in [0.1, 0.15) is 25.0 Å². The highest BCUT2D eigenvalue weighted by Crippen LogP contribution is 2.19. The number of amidine groups is 1. The van der Waals surface area contributed by atoms with Crippen LogP contribution in [0.5, 0.6) is 0 Å². The molecular formula is C23H26N4O3S. The predicted octanol–water partition coefficient (Wildman–Crippen LogP) is 2.54. The third kappa shape index (κ3) is 5.68. The molecule has 0 aliphatic rings. The lowest BCUT2D eigenvalue weighted by Crippen LogP contribution is -2.49. The van der Waals surface area contributed by atoms with Crippen LogP contribution < -0.4 is 15.8 Å². The fraction of sp³-hybridized carbons (Fsp3) is 0.217. The van der Waals surface area contributed by atoms with Gasteiger partial charge in [0.25, 0.3) is 0 Å². The summed E-state index contributed by atoms with van der Waals surface area (Å²) in [6.07, 6.45) is 0.118. The van der Waals surface area contributed by atoms with Crippen LogP contribution in [0.4, 0.5) is 0 Å².